The van der Waals surface area contributed by atoms with E-state index in [0.29, 0.717) is 16.3 Å². The van der Waals surface area contributed by atoms with Crippen LogP contribution in [0.1, 0.15) is 22.3 Å². The highest BCUT2D eigenvalue weighted by Gasteiger charge is 2.15. The van der Waals surface area contributed by atoms with Gasteiger partial charge in [0.15, 0.2) is 0 Å². The minimum atomic E-state index is -3.70. The van der Waals surface area contributed by atoms with Crippen molar-refractivity contribution < 1.29 is 13.2 Å². The monoisotopic (exact) mass is 377 g/mol. The molecule has 0 bridgehead atoms. The van der Waals surface area contributed by atoms with Crippen LogP contribution < -0.4 is 10.0 Å². The normalized spacial score (nSPS) is 10.9. The highest BCUT2D eigenvalue weighted by Crippen LogP contribution is 2.23. The van der Waals surface area contributed by atoms with Gasteiger partial charge in [-0.3, -0.25) is 4.79 Å². The van der Waals surface area contributed by atoms with Gasteiger partial charge in [-0.1, -0.05) is 17.7 Å². The van der Waals surface area contributed by atoms with E-state index in [1.165, 1.54) is 24.3 Å². The Balaban J connectivity index is 2.11. The molecule has 0 spiro atoms. The first-order valence-corrected chi connectivity index (χ1v) is 9.24. The molecule has 0 heterocycles. The van der Waals surface area contributed by atoms with E-state index < -0.39 is 15.9 Å². The highest BCUT2D eigenvalue weighted by atomic mass is 35.5. The van der Waals surface area contributed by atoms with Gasteiger partial charge in [0, 0.05) is 18.5 Å². The Morgan fingerprint density at radius 3 is 2.48 bits per heavy atom. The van der Waals surface area contributed by atoms with Crippen molar-refractivity contribution in [1.29, 1.82) is 5.26 Å². The van der Waals surface area contributed by atoms with Gasteiger partial charge in [0.25, 0.3) is 5.91 Å². The lowest BCUT2D eigenvalue weighted by atomic mass is 10.2. The summed E-state index contributed by atoms with van der Waals surface area (Å²) in [4.78, 5) is 12.3. The molecular weight excluding hydrogens is 362 g/mol. The second kappa shape index (κ2) is 8.12. The van der Waals surface area contributed by atoms with Crippen LogP contribution in [-0.4, -0.2) is 20.9 Å². The summed E-state index contributed by atoms with van der Waals surface area (Å²) in [6.07, 6.45) is 0.0804. The summed E-state index contributed by atoms with van der Waals surface area (Å²) in [5.74, 6) is -0.396. The second-order valence-corrected chi connectivity index (χ2v) is 7.44. The highest BCUT2D eigenvalue weighted by molar-refractivity contribution is 7.89. The quantitative estimate of drug-likeness (QED) is 0.755. The number of amides is 1. The molecule has 0 saturated carbocycles. The molecule has 8 heteroatoms. The van der Waals surface area contributed by atoms with Crippen LogP contribution in [0.5, 0.6) is 0 Å². The number of nitrogens with zero attached hydrogens (tertiary/aromatic N) is 1. The summed E-state index contributed by atoms with van der Waals surface area (Å²) in [6, 6.07) is 12.6. The minimum Gasteiger partial charge on any atom is -0.321 e. The molecule has 1 amide bonds. The minimum absolute atomic E-state index is 0.0235. The molecule has 2 aromatic carbocycles. The van der Waals surface area contributed by atoms with E-state index in [0.717, 1.165) is 5.56 Å². The fraction of sp³-hybridized carbons (Fsp3) is 0.176. The lowest BCUT2D eigenvalue weighted by Gasteiger charge is -2.09. The molecule has 2 N–H and O–H groups in total. The number of anilines is 1. The Morgan fingerprint density at radius 2 is 1.88 bits per heavy atom. The van der Waals surface area contributed by atoms with Crippen molar-refractivity contribution in [3.05, 3.63) is 58.6 Å². The standard InChI is InChI=1S/C17H16ClN3O3S/c1-12-3-8-16(15(18)11-12)21-17(22)13-4-6-14(7-5-13)25(23,24)20-10-2-9-19/h3-8,11,20H,2,10H2,1H3,(H,21,22). The number of nitrogens with one attached hydrogen (secondary N) is 2. The molecule has 0 aliphatic heterocycles. The average molecular weight is 378 g/mol. The molecule has 6 nitrogen and oxygen atoms in total. The van der Waals surface area contributed by atoms with Crippen LogP contribution in [0.15, 0.2) is 47.4 Å². The molecule has 2 aromatic rings. The van der Waals surface area contributed by atoms with Crippen LogP contribution in [0.25, 0.3) is 0 Å². The summed E-state index contributed by atoms with van der Waals surface area (Å²) in [5, 5.41) is 11.6. The van der Waals surface area contributed by atoms with E-state index in [1.54, 1.807) is 12.1 Å². The predicted octanol–water partition coefficient (Wildman–Crippen LogP) is 3.09. The van der Waals surface area contributed by atoms with Crippen LogP contribution >= 0.6 is 11.6 Å². The fourth-order valence-electron chi connectivity index (χ4n) is 2.03. The maximum atomic E-state index is 12.3. The van der Waals surface area contributed by atoms with Gasteiger partial charge in [0.05, 0.1) is 21.7 Å². The van der Waals surface area contributed by atoms with E-state index >= 15 is 0 Å². The molecular formula is C17H16ClN3O3S. The maximum absolute atomic E-state index is 12.3. The number of carbonyl (C=O) groups is 1. The third-order valence-corrected chi connectivity index (χ3v) is 5.12. The van der Waals surface area contributed by atoms with Crippen LogP contribution in [0.4, 0.5) is 5.69 Å². The zero-order chi connectivity index (χ0) is 18.4. The summed E-state index contributed by atoms with van der Waals surface area (Å²) in [6.45, 7) is 1.92. The Hall–Kier alpha value is -2.40. The van der Waals surface area contributed by atoms with Crippen molar-refractivity contribution in [3.8, 4) is 6.07 Å². The summed E-state index contributed by atoms with van der Waals surface area (Å²) in [5.41, 5.74) is 1.75. The van der Waals surface area contributed by atoms with E-state index in [9.17, 15) is 13.2 Å². The lowest BCUT2D eigenvalue weighted by Crippen LogP contribution is -2.24. The average Bonchev–Trinajstić information content (AvgIpc) is 2.57. The number of rotatable bonds is 6. The zero-order valence-corrected chi connectivity index (χ0v) is 15.0. The van der Waals surface area contributed by atoms with Crippen molar-refractivity contribution in [2.45, 2.75) is 18.2 Å². The maximum Gasteiger partial charge on any atom is 0.255 e. The third-order valence-electron chi connectivity index (χ3n) is 3.33. The SMILES string of the molecule is Cc1ccc(NC(=O)c2ccc(S(=O)(=O)NCCC#N)cc2)c(Cl)c1. The molecule has 130 valence electrons. The molecule has 0 aliphatic carbocycles. The number of hydrogen-bond donors (Lipinski definition) is 2. The first kappa shape index (κ1) is 18.9. The molecule has 25 heavy (non-hydrogen) atoms. The van der Waals surface area contributed by atoms with Gasteiger partial charge < -0.3 is 5.32 Å². The van der Waals surface area contributed by atoms with E-state index in [2.05, 4.69) is 10.0 Å². The predicted molar refractivity (Wildman–Crippen MR) is 96.0 cm³/mol. The van der Waals surface area contributed by atoms with E-state index in [4.69, 9.17) is 16.9 Å². The molecule has 0 radical (unpaired) electrons. The number of benzene rings is 2. The molecule has 0 atom stereocenters. The van der Waals surface area contributed by atoms with Crippen LogP contribution in [0.2, 0.25) is 5.02 Å². The van der Waals surface area contributed by atoms with Gasteiger partial charge in [-0.25, -0.2) is 13.1 Å². The van der Waals surface area contributed by atoms with Gasteiger partial charge >= 0.3 is 0 Å². The van der Waals surface area contributed by atoms with Gasteiger partial charge in [-0.2, -0.15) is 5.26 Å². The fourth-order valence-corrected chi connectivity index (χ4v) is 3.34. The van der Waals surface area contributed by atoms with Crippen molar-refractivity contribution >= 4 is 33.2 Å². The topological polar surface area (TPSA) is 99.1 Å². The van der Waals surface area contributed by atoms with E-state index in [1.807, 2.05) is 19.1 Å². The molecule has 0 saturated heterocycles. The molecule has 2 rings (SSSR count). The Kier molecular flexibility index (Phi) is 6.15. The summed E-state index contributed by atoms with van der Waals surface area (Å²) < 4.78 is 26.3. The molecule has 0 aliphatic rings. The van der Waals surface area contributed by atoms with Crippen molar-refractivity contribution in [2.24, 2.45) is 0 Å². The Bertz CT molecular complexity index is 919. The molecule has 0 aromatic heterocycles. The van der Waals surface area contributed by atoms with Gasteiger partial charge in [0.1, 0.15) is 0 Å². The van der Waals surface area contributed by atoms with Crippen molar-refractivity contribution in [3.63, 3.8) is 0 Å². The van der Waals surface area contributed by atoms with Crippen LogP contribution in [-0.2, 0) is 10.0 Å². The van der Waals surface area contributed by atoms with Crippen LogP contribution in [0.3, 0.4) is 0 Å². The Morgan fingerprint density at radius 1 is 1.20 bits per heavy atom. The first-order valence-electron chi connectivity index (χ1n) is 7.37. The zero-order valence-electron chi connectivity index (χ0n) is 13.4. The smallest absolute Gasteiger partial charge is 0.255 e. The number of carbonyl (C=O) groups excluding carboxylic acids is 1. The lowest BCUT2D eigenvalue weighted by molar-refractivity contribution is 0.102. The van der Waals surface area contributed by atoms with Crippen LogP contribution in [0, 0.1) is 18.3 Å². The summed E-state index contributed by atoms with van der Waals surface area (Å²) >= 11 is 6.08. The largest absolute Gasteiger partial charge is 0.321 e. The van der Waals surface area contributed by atoms with Gasteiger partial charge in [-0.05, 0) is 48.9 Å². The van der Waals surface area contributed by atoms with Gasteiger partial charge in [0.2, 0.25) is 10.0 Å². The van der Waals surface area contributed by atoms with Crippen molar-refractivity contribution in [1.82, 2.24) is 4.72 Å². The number of nitriles is 1. The number of sulfonamides is 1. The summed E-state index contributed by atoms with van der Waals surface area (Å²) in [7, 11) is -3.70. The first-order chi connectivity index (χ1) is 11.8. The number of aryl methyl sites for hydroxylation is 1. The molecule has 0 unspecified atom stereocenters. The van der Waals surface area contributed by atoms with E-state index in [-0.39, 0.29) is 17.9 Å². The number of hydrogen-bond acceptors (Lipinski definition) is 4. The third kappa shape index (κ3) is 5.03. The Labute approximate surface area is 151 Å². The van der Waals surface area contributed by atoms with Crippen molar-refractivity contribution in [2.75, 3.05) is 11.9 Å². The number of halogens is 1. The molecule has 0 fully saturated rings. The second-order valence-electron chi connectivity index (χ2n) is 5.27. The van der Waals surface area contributed by atoms with Gasteiger partial charge in [-0.15, -0.1) is 0 Å².